The molecule has 0 fully saturated rings. The highest BCUT2D eigenvalue weighted by Crippen LogP contribution is 2.48. The molecule has 3 nitrogen and oxygen atoms in total. The maximum absolute atomic E-state index is 7.07. The van der Waals surface area contributed by atoms with Gasteiger partial charge in [0.25, 0.3) is 0 Å². The van der Waals surface area contributed by atoms with Crippen LogP contribution in [-0.2, 0) is 0 Å². The molecule has 0 bridgehead atoms. The molecule has 0 atom stereocenters. The van der Waals surface area contributed by atoms with E-state index in [0.717, 1.165) is 66.2 Å². The van der Waals surface area contributed by atoms with E-state index >= 15 is 0 Å². The van der Waals surface area contributed by atoms with Crippen molar-refractivity contribution in [2.45, 2.75) is 0 Å². The van der Waals surface area contributed by atoms with Crippen LogP contribution in [0.25, 0.3) is 60.6 Å². The molecule has 7 rings (SSSR count). The Labute approximate surface area is 190 Å². The van der Waals surface area contributed by atoms with Gasteiger partial charge in [-0.3, -0.25) is 0 Å². The summed E-state index contributed by atoms with van der Waals surface area (Å²) >= 11 is 0. The van der Waals surface area contributed by atoms with Crippen LogP contribution in [0.2, 0.25) is 0 Å². The number of fused-ring (bicyclic) bond motifs is 7. The average Bonchev–Trinajstić information content (AvgIpc) is 3.42. The van der Waals surface area contributed by atoms with Crippen molar-refractivity contribution in [1.82, 2.24) is 4.57 Å². The Bertz CT molecular complexity index is 1810. The number of hydrogen-bond acceptors (Lipinski definition) is 2. The second-order valence-electron chi connectivity index (χ2n) is 8.37. The highest BCUT2D eigenvalue weighted by molar-refractivity contribution is 6.31. The predicted octanol–water partition coefficient (Wildman–Crippen LogP) is 7.93. The fourth-order valence-corrected chi connectivity index (χ4v) is 5.20. The van der Waals surface area contributed by atoms with Crippen LogP contribution >= 0.6 is 0 Å². The Morgan fingerprint density at radius 3 is 2.03 bits per heavy atom. The van der Waals surface area contributed by atoms with Crippen LogP contribution in [0.5, 0.6) is 0 Å². The number of anilines is 1. The largest absolute Gasteiger partial charge is 0.454 e. The number of nitrogen functional groups attached to an aromatic ring is 1. The number of hydrogen-bond donors (Lipinski definition) is 1. The first-order chi connectivity index (χ1) is 16.3. The van der Waals surface area contributed by atoms with Crippen molar-refractivity contribution in [3.05, 3.63) is 109 Å². The maximum atomic E-state index is 7.07. The van der Waals surface area contributed by atoms with Crippen molar-refractivity contribution in [1.29, 1.82) is 0 Å². The molecule has 5 aromatic carbocycles. The monoisotopic (exact) mass is 424 g/mol. The van der Waals surface area contributed by atoms with Gasteiger partial charge in [-0.1, -0.05) is 84.9 Å². The summed E-state index contributed by atoms with van der Waals surface area (Å²) in [6, 6.07) is 37.5. The normalized spacial score (nSPS) is 11.8. The number of para-hydroxylation sites is 3. The maximum Gasteiger partial charge on any atom is 0.160 e. The molecule has 0 spiro atoms. The van der Waals surface area contributed by atoms with Crippen molar-refractivity contribution in [2.75, 3.05) is 5.73 Å². The third kappa shape index (κ3) is 2.45. The molecular weight excluding hydrogens is 404 g/mol. The fraction of sp³-hybridized carbons (Fsp3) is 0. The highest BCUT2D eigenvalue weighted by Gasteiger charge is 2.25. The second-order valence-corrected chi connectivity index (χ2v) is 8.37. The Balaban J connectivity index is 1.82. The quantitative estimate of drug-likeness (QED) is 0.286. The Morgan fingerprint density at radius 1 is 0.606 bits per heavy atom. The molecule has 0 aliphatic heterocycles. The van der Waals surface area contributed by atoms with Gasteiger partial charge in [-0.05, 0) is 29.8 Å². The summed E-state index contributed by atoms with van der Waals surface area (Å²) in [5.41, 5.74) is 14.9. The van der Waals surface area contributed by atoms with Crippen molar-refractivity contribution < 1.29 is 4.42 Å². The summed E-state index contributed by atoms with van der Waals surface area (Å²) in [7, 11) is 0. The molecule has 0 saturated carbocycles. The number of aromatic nitrogens is 1. The summed E-state index contributed by atoms with van der Waals surface area (Å²) in [6.07, 6.45) is 0. The van der Waals surface area contributed by atoms with Gasteiger partial charge in [0.1, 0.15) is 5.58 Å². The lowest BCUT2D eigenvalue weighted by atomic mass is 9.94. The van der Waals surface area contributed by atoms with E-state index in [1.165, 1.54) is 0 Å². The van der Waals surface area contributed by atoms with Crippen LogP contribution in [0.1, 0.15) is 0 Å². The molecule has 0 unspecified atom stereocenters. The lowest BCUT2D eigenvalue weighted by Crippen LogP contribution is -1.96. The zero-order valence-corrected chi connectivity index (χ0v) is 17.8. The Hall–Kier alpha value is -4.50. The molecule has 0 aliphatic carbocycles. The third-order valence-electron chi connectivity index (χ3n) is 6.55. The van der Waals surface area contributed by atoms with Crippen molar-refractivity contribution in [3.8, 4) is 16.8 Å². The molecular formula is C30H20N2O. The Kier molecular flexibility index (Phi) is 3.70. The minimum Gasteiger partial charge on any atom is -0.454 e. The van der Waals surface area contributed by atoms with E-state index in [4.69, 9.17) is 10.2 Å². The van der Waals surface area contributed by atoms with Gasteiger partial charge < -0.3 is 14.7 Å². The molecule has 2 aromatic heterocycles. The van der Waals surface area contributed by atoms with Gasteiger partial charge in [0.05, 0.1) is 16.7 Å². The van der Waals surface area contributed by atoms with Crippen LogP contribution < -0.4 is 5.73 Å². The molecule has 156 valence electrons. The molecule has 0 aliphatic rings. The van der Waals surface area contributed by atoms with E-state index in [1.807, 2.05) is 24.3 Å². The summed E-state index contributed by atoms with van der Waals surface area (Å²) in [5, 5.41) is 4.28. The summed E-state index contributed by atoms with van der Waals surface area (Å²) in [4.78, 5) is 0. The average molecular weight is 425 g/mol. The van der Waals surface area contributed by atoms with Gasteiger partial charge >= 0.3 is 0 Å². The second kappa shape index (κ2) is 6.75. The molecule has 2 heterocycles. The van der Waals surface area contributed by atoms with Crippen LogP contribution in [0.15, 0.2) is 114 Å². The highest BCUT2D eigenvalue weighted by atomic mass is 16.3. The minimum atomic E-state index is 0.779. The van der Waals surface area contributed by atoms with Crippen molar-refractivity contribution >= 4 is 49.4 Å². The third-order valence-corrected chi connectivity index (χ3v) is 6.55. The van der Waals surface area contributed by atoms with Crippen molar-refractivity contribution in [2.24, 2.45) is 0 Å². The first-order valence-corrected chi connectivity index (χ1v) is 11.1. The molecule has 0 saturated heterocycles. The van der Waals surface area contributed by atoms with Gasteiger partial charge in [0.2, 0.25) is 0 Å². The molecule has 2 N–H and O–H groups in total. The summed E-state index contributed by atoms with van der Waals surface area (Å²) < 4.78 is 8.88. The molecule has 0 radical (unpaired) electrons. The SMILES string of the molecule is Nc1c(-c2ccccc2)c2c3ccccc3oc2c2c1c1ccccc1n2-c1ccccc1. The van der Waals surface area contributed by atoms with Crippen molar-refractivity contribution in [3.63, 3.8) is 0 Å². The van der Waals surface area contributed by atoms with Gasteiger partial charge in [0, 0.05) is 32.8 Å². The molecule has 3 heteroatoms. The van der Waals surface area contributed by atoms with Gasteiger partial charge in [-0.2, -0.15) is 0 Å². The summed E-state index contributed by atoms with van der Waals surface area (Å²) in [5.74, 6) is 0. The first kappa shape index (κ1) is 18.1. The number of nitrogens with zero attached hydrogens (tertiary/aromatic N) is 1. The van der Waals surface area contributed by atoms with Gasteiger partial charge in [0.15, 0.2) is 5.58 Å². The first-order valence-electron chi connectivity index (χ1n) is 11.1. The van der Waals surface area contributed by atoms with Gasteiger partial charge in [-0.25, -0.2) is 0 Å². The molecule has 0 amide bonds. The van der Waals surface area contributed by atoms with E-state index in [9.17, 15) is 0 Å². The van der Waals surface area contributed by atoms with E-state index in [0.29, 0.717) is 0 Å². The van der Waals surface area contributed by atoms with E-state index in [2.05, 4.69) is 89.5 Å². The number of furan rings is 1. The molecule has 33 heavy (non-hydrogen) atoms. The zero-order valence-electron chi connectivity index (χ0n) is 17.8. The van der Waals surface area contributed by atoms with Crippen LogP contribution in [0.3, 0.4) is 0 Å². The smallest absolute Gasteiger partial charge is 0.160 e. The predicted molar refractivity (Wildman–Crippen MR) is 138 cm³/mol. The standard InChI is InChI=1S/C30H20N2O/c31-28-25(19-11-3-1-4-12-19)26-22-16-8-10-18-24(22)33-30(26)29-27(28)21-15-7-9-17-23(21)32(29)20-13-5-2-6-14-20/h1-18H,31H2. The topological polar surface area (TPSA) is 44.1 Å². The minimum absolute atomic E-state index is 0.779. The summed E-state index contributed by atoms with van der Waals surface area (Å²) in [6.45, 7) is 0. The zero-order chi connectivity index (χ0) is 21.9. The Morgan fingerprint density at radius 2 is 1.24 bits per heavy atom. The lowest BCUT2D eigenvalue weighted by molar-refractivity contribution is 0.671. The van der Waals surface area contributed by atoms with E-state index in [1.54, 1.807) is 0 Å². The lowest BCUT2D eigenvalue weighted by Gasteiger charge is -2.12. The number of benzene rings is 5. The number of rotatable bonds is 2. The van der Waals surface area contributed by atoms with Crippen LogP contribution in [0.4, 0.5) is 5.69 Å². The van der Waals surface area contributed by atoms with Crippen LogP contribution in [-0.4, -0.2) is 4.57 Å². The number of nitrogens with two attached hydrogens (primary N) is 1. The van der Waals surface area contributed by atoms with E-state index in [-0.39, 0.29) is 0 Å². The molecule has 7 aromatic rings. The van der Waals surface area contributed by atoms with Gasteiger partial charge in [-0.15, -0.1) is 0 Å². The van der Waals surface area contributed by atoms with E-state index < -0.39 is 0 Å². The fourth-order valence-electron chi connectivity index (χ4n) is 5.20. The van der Waals surface area contributed by atoms with Crippen LogP contribution in [0, 0.1) is 0 Å².